The van der Waals surface area contributed by atoms with Crippen molar-refractivity contribution in [1.82, 2.24) is 30.4 Å². The van der Waals surface area contributed by atoms with Crippen LogP contribution in [-0.4, -0.2) is 43.4 Å². The Bertz CT molecular complexity index is 1190. The summed E-state index contributed by atoms with van der Waals surface area (Å²) in [6, 6.07) is 14.6. The minimum Gasteiger partial charge on any atom is -0.497 e. The minimum atomic E-state index is -0.192. The van der Waals surface area contributed by atoms with Gasteiger partial charge in [-0.05, 0) is 59.8 Å². The van der Waals surface area contributed by atoms with Crippen molar-refractivity contribution in [2.45, 2.75) is 24.3 Å². The van der Waals surface area contributed by atoms with E-state index >= 15 is 0 Å². The Kier molecular flexibility index (Phi) is 5.94. The Morgan fingerprint density at radius 3 is 2.71 bits per heavy atom. The summed E-state index contributed by atoms with van der Waals surface area (Å²) in [4.78, 5) is 11.3. The van der Waals surface area contributed by atoms with E-state index in [1.165, 1.54) is 18.7 Å². The van der Waals surface area contributed by atoms with E-state index in [2.05, 4.69) is 31.0 Å². The zero-order valence-electron chi connectivity index (χ0n) is 17.0. The number of rotatable bonds is 7. The van der Waals surface area contributed by atoms with Crippen molar-refractivity contribution in [1.29, 1.82) is 0 Å². The lowest BCUT2D eigenvalue weighted by Gasteiger charge is -2.09. The first-order valence-corrected chi connectivity index (χ1v) is 10.2. The summed E-state index contributed by atoms with van der Waals surface area (Å²) in [5, 5.41) is 23.4. The molecule has 0 aliphatic rings. The van der Waals surface area contributed by atoms with E-state index in [4.69, 9.17) is 9.15 Å². The van der Waals surface area contributed by atoms with Crippen LogP contribution < -0.4 is 10.1 Å². The maximum Gasteiger partial charge on any atom is 0.247 e. The van der Waals surface area contributed by atoms with Gasteiger partial charge in [0, 0.05) is 18.2 Å². The van der Waals surface area contributed by atoms with Gasteiger partial charge in [-0.15, -0.1) is 15.3 Å². The van der Waals surface area contributed by atoms with Crippen molar-refractivity contribution in [2.75, 3.05) is 12.4 Å². The van der Waals surface area contributed by atoms with Crippen LogP contribution in [0.25, 0.3) is 17.1 Å². The monoisotopic (exact) mass is 437 g/mol. The average molecular weight is 437 g/mol. The lowest BCUT2D eigenvalue weighted by molar-refractivity contribution is -0.114. The van der Waals surface area contributed by atoms with Crippen molar-refractivity contribution in [3.8, 4) is 22.9 Å². The number of tetrazole rings is 1. The Labute approximate surface area is 182 Å². The highest BCUT2D eigenvalue weighted by Crippen LogP contribution is 2.35. The van der Waals surface area contributed by atoms with E-state index in [0.717, 1.165) is 17.0 Å². The maximum atomic E-state index is 11.3. The number of ether oxygens (including phenoxy) is 1. The number of hydrogen-bond donors (Lipinski definition) is 1. The number of carbonyl (C=O) groups excluding carboxylic acids is 1. The zero-order chi connectivity index (χ0) is 21.8. The Morgan fingerprint density at radius 2 is 1.97 bits per heavy atom. The van der Waals surface area contributed by atoms with Gasteiger partial charge < -0.3 is 14.5 Å². The number of aromatic nitrogens is 6. The summed E-state index contributed by atoms with van der Waals surface area (Å²) >= 11 is 1.38. The molecule has 4 rings (SSSR count). The Morgan fingerprint density at radius 1 is 1.16 bits per heavy atom. The van der Waals surface area contributed by atoms with Crippen molar-refractivity contribution in [3.05, 3.63) is 54.4 Å². The molecule has 31 heavy (non-hydrogen) atoms. The SMILES string of the molecule is COc1ccc(-c2nnc(C(C)Sc3nnnn3-c3cccc(NC(C)=O)c3)o2)cc1. The lowest BCUT2D eigenvalue weighted by atomic mass is 10.2. The zero-order valence-corrected chi connectivity index (χ0v) is 17.8. The van der Waals surface area contributed by atoms with Gasteiger partial charge in [0.15, 0.2) is 0 Å². The quantitative estimate of drug-likeness (QED) is 0.433. The number of methoxy groups -OCH3 is 1. The van der Waals surface area contributed by atoms with E-state index < -0.39 is 0 Å². The highest BCUT2D eigenvalue weighted by molar-refractivity contribution is 7.99. The fourth-order valence-electron chi connectivity index (χ4n) is 2.79. The van der Waals surface area contributed by atoms with Gasteiger partial charge in [-0.3, -0.25) is 4.79 Å². The fraction of sp³-hybridized carbons (Fsp3) is 0.200. The molecular formula is C20H19N7O3S. The number of nitrogens with one attached hydrogen (secondary N) is 1. The van der Waals surface area contributed by atoms with Crippen molar-refractivity contribution in [2.24, 2.45) is 0 Å². The van der Waals surface area contributed by atoms with E-state index in [0.29, 0.717) is 22.6 Å². The standard InChI is InChI=1S/C20H19N7O3S/c1-12(18-22-23-19(30-18)14-7-9-17(29-3)10-8-14)31-20-24-25-26-27(20)16-6-4-5-15(11-16)21-13(2)28/h4-12H,1-3H3,(H,21,28). The van der Waals surface area contributed by atoms with Gasteiger partial charge in [-0.25, -0.2) is 0 Å². The van der Waals surface area contributed by atoms with Crippen LogP contribution in [0.4, 0.5) is 5.69 Å². The average Bonchev–Trinajstić information content (AvgIpc) is 3.43. The maximum absolute atomic E-state index is 11.3. The third-order valence-corrected chi connectivity index (χ3v) is 5.28. The van der Waals surface area contributed by atoms with Gasteiger partial charge in [0.2, 0.25) is 22.8 Å². The molecule has 1 unspecified atom stereocenters. The number of benzene rings is 2. The molecule has 0 aliphatic carbocycles. The topological polar surface area (TPSA) is 121 Å². The molecule has 4 aromatic rings. The summed E-state index contributed by atoms with van der Waals surface area (Å²) in [7, 11) is 1.61. The molecule has 11 heteroatoms. The first kappa shape index (κ1) is 20.5. The molecule has 1 N–H and O–H groups in total. The number of carbonyl (C=O) groups is 1. The molecular weight excluding hydrogens is 418 g/mol. The van der Waals surface area contributed by atoms with Crippen molar-refractivity contribution < 1.29 is 13.9 Å². The summed E-state index contributed by atoms with van der Waals surface area (Å²) in [6.45, 7) is 3.39. The summed E-state index contributed by atoms with van der Waals surface area (Å²) in [6.07, 6.45) is 0. The number of hydrogen-bond acceptors (Lipinski definition) is 9. The minimum absolute atomic E-state index is 0.152. The van der Waals surface area contributed by atoms with Crippen LogP contribution >= 0.6 is 11.8 Å². The van der Waals surface area contributed by atoms with E-state index in [1.54, 1.807) is 23.9 Å². The third kappa shape index (κ3) is 4.72. The van der Waals surface area contributed by atoms with Gasteiger partial charge >= 0.3 is 0 Å². The molecule has 2 heterocycles. The predicted octanol–water partition coefficient (Wildman–Crippen LogP) is 3.53. The number of nitrogens with zero attached hydrogens (tertiary/aromatic N) is 6. The summed E-state index contributed by atoms with van der Waals surface area (Å²) in [5.74, 6) is 1.48. The van der Waals surface area contributed by atoms with Crippen LogP contribution in [0.1, 0.15) is 25.0 Å². The number of anilines is 1. The first-order valence-electron chi connectivity index (χ1n) is 9.34. The van der Waals surface area contributed by atoms with Crippen LogP contribution in [0.5, 0.6) is 5.75 Å². The normalized spacial score (nSPS) is 11.8. The number of thioether (sulfide) groups is 1. The van der Waals surface area contributed by atoms with Gasteiger partial charge in [-0.1, -0.05) is 17.8 Å². The molecule has 0 bridgehead atoms. The van der Waals surface area contributed by atoms with Gasteiger partial charge in [0.05, 0.1) is 18.0 Å². The Balaban J connectivity index is 1.51. The molecule has 0 radical (unpaired) electrons. The molecule has 0 saturated heterocycles. The summed E-state index contributed by atoms with van der Waals surface area (Å²) < 4.78 is 12.6. The predicted molar refractivity (Wildman–Crippen MR) is 114 cm³/mol. The molecule has 2 aromatic carbocycles. The highest BCUT2D eigenvalue weighted by atomic mass is 32.2. The number of amides is 1. The van der Waals surface area contributed by atoms with E-state index in [9.17, 15) is 4.79 Å². The molecule has 0 aliphatic heterocycles. The second-order valence-electron chi connectivity index (χ2n) is 6.54. The second-order valence-corrected chi connectivity index (χ2v) is 7.85. The molecule has 158 valence electrons. The van der Waals surface area contributed by atoms with Crippen LogP contribution in [-0.2, 0) is 4.79 Å². The summed E-state index contributed by atoms with van der Waals surface area (Å²) in [5.41, 5.74) is 2.18. The molecule has 0 spiro atoms. The smallest absolute Gasteiger partial charge is 0.247 e. The van der Waals surface area contributed by atoms with Crippen LogP contribution in [0, 0.1) is 0 Å². The van der Waals surface area contributed by atoms with Crippen molar-refractivity contribution in [3.63, 3.8) is 0 Å². The van der Waals surface area contributed by atoms with E-state index in [-0.39, 0.29) is 11.2 Å². The molecule has 10 nitrogen and oxygen atoms in total. The van der Waals surface area contributed by atoms with Crippen LogP contribution in [0.15, 0.2) is 58.1 Å². The second kappa shape index (κ2) is 8.96. The van der Waals surface area contributed by atoms with Crippen molar-refractivity contribution >= 4 is 23.4 Å². The third-order valence-electron chi connectivity index (χ3n) is 4.26. The molecule has 2 aromatic heterocycles. The molecule has 1 amide bonds. The largest absolute Gasteiger partial charge is 0.497 e. The van der Waals surface area contributed by atoms with Gasteiger partial charge in [0.25, 0.3) is 0 Å². The first-order chi connectivity index (χ1) is 15.0. The fourth-order valence-corrected chi connectivity index (χ4v) is 3.63. The van der Waals surface area contributed by atoms with Crippen LogP contribution in [0.2, 0.25) is 0 Å². The van der Waals surface area contributed by atoms with Gasteiger partial charge in [-0.2, -0.15) is 4.68 Å². The molecule has 0 saturated carbocycles. The lowest BCUT2D eigenvalue weighted by Crippen LogP contribution is -2.07. The molecule has 0 fully saturated rings. The van der Waals surface area contributed by atoms with Gasteiger partial charge in [0.1, 0.15) is 5.75 Å². The highest BCUT2D eigenvalue weighted by Gasteiger charge is 2.20. The van der Waals surface area contributed by atoms with Crippen LogP contribution in [0.3, 0.4) is 0 Å². The molecule has 1 atom stereocenters. The Hall–Kier alpha value is -3.73. The van der Waals surface area contributed by atoms with E-state index in [1.807, 2.05) is 43.3 Å².